The number of benzene rings is 2. The van der Waals surface area contributed by atoms with Gasteiger partial charge in [-0.25, -0.2) is 0 Å². The molecule has 1 aliphatic carbocycles. The third kappa shape index (κ3) is 4.54. The minimum absolute atomic E-state index is 0.165. The van der Waals surface area contributed by atoms with Crippen molar-refractivity contribution in [1.29, 1.82) is 0 Å². The number of pyridine rings is 2. The zero-order chi connectivity index (χ0) is 29.3. The second-order valence-electron chi connectivity index (χ2n) is 9.21. The van der Waals surface area contributed by atoms with E-state index in [1.807, 2.05) is 0 Å². The van der Waals surface area contributed by atoms with E-state index in [0.717, 1.165) is 35.1 Å². The van der Waals surface area contributed by atoms with Crippen LogP contribution < -0.4 is 19.7 Å². The summed E-state index contributed by atoms with van der Waals surface area (Å²) in [4.78, 5) is 38.7. The van der Waals surface area contributed by atoms with Crippen LogP contribution in [-0.2, 0) is 0 Å². The van der Waals surface area contributed by atoms with Crippen LogP contribution in [-0.4, -0.2) is 68.3 Å². The molecule has 214 valence electrons. The molecule has 0 saturated carbocycles. The van der Waals surface area contributed by atoms with E-state index >= 15 is 8.78 Å². The number of aromatic nitrogens is 1. The summed E-state index contributed by atoms with van der Waals surface area (Å²) in [6, 6.07) is 8.27. The first kappa shape index (κ1) is 28.7. The van der Waals surface area contributed by atoms with E-state index in [1.54, 1.807) is 58.3 Å². The maximum atomic E-state index is 15.6. The van der Waals surface area contributed by atoms with Crippen molar-refractivity contribution in [1.82, 2.24) is 4.40 Å². The van der Waals surface area contributed by atoms with Crippen LogP contribution in [0.4, 0.5) is 8.78 Å². The normalized spacial score (nSPS) is 16.3. The molecule has 2 saturated heterocycles. The summed E-state index contributed by atoms with van der Waals surface area (Å²) in [5, 5.41) is 21.2. The predicted molar refractivity (Wildman–Crippen MR) is 171 cm³/mol. The van der Waals surface area contributed by atoms with Gasteiger partial charge in [-0.15, -0.1) is 0 Å². The summed E-state index contributed by atoms with van der Waals surface area (Å²) in [6.07, 6.45) is 1.43. The van der Waals surface area contributed by atoms with Gasteiger partial charge in [-0.05, 0) is 0 Å². The van der Waals surface area contributed by atoms with E-state index in [1.165, 1.54) is 16.7 Å². The second-order valence-corrected chi connectivity index (χ2v) is 32.4. The topological polar surface area (TPSA) is 109 Å². The van der Waals surface area contributed by atoms with E-state index < -0.39 is 64.6 Å². The van der Waals surface area contributed by atoms with Gasteiger partial charge in [0.25, 0.3) is 0 Å². The Morgan fingerprint density at radius 3 is 2.24 bits per heavy atom. The number of carboxylic acid groups (broad SMARTS) is 1. The number of carbonyl (C=O) groups is 1. The number of phenols is 1. The maximum absolute atomic E-state index is 15.6. The summed E-state index contributed by atoms with van der Waals surface area (Å²) >= 11 is -4.32. The molecule has 2 N–H and O–H groups in total. The molecule has 0 radical (unpaired) electrons. The van der Waals surface area contributed by atoms with E-state index in [-0.39, 0.29) is 37.8 Å². The van der Waals surface area contributed by atoms with Gasteiger partial charge in [0, 0.05) is 0 Å². The van der Waals surface area contributed by atoms with E-state index in [9.17, 15) is 24.6 Å². The van der Waals surface area contributed by atoms with Gasteiger partial charge >= 0.3 is 260 Å². The van der Waals surface area contributed by atoms with Crippen molar-refractivity contribution in [3.05, 3.63) is 80.4 Å². The summed E-state index contributed by atoms with van der Waals surface area (Å²) in [6.45, 7) is 0. The average molecular weight is 768 g/mol. The molecular formula is C27H17As2F2NO6S4. The van der Waals surface area contributed by atoms with E-state index in [4.69, 9.17) is 4.42 Å². The van der Waals surface area contributed by atoms with Crippen LogP contribution in [0.1, 0.15) is 10.4 Å². The molecule has 42 heavy (non-hydrogen) atoms. The van der Waals surface area contributed by atoms with Crippen molar-refractivity contribution < 1.29 is 28.2 Å². The first-order chi connectivity index (χ1) is 20.3. The molecule has 0 amide bonds. The predicted octanol–water partition coefficient (Wildman–Crippen LogP) is 4.21. The Balaban J connectivity index is 1.73. The molecule has 15 heteroatoms. The Kier molecular flexibility index (Phi) is 7.64. The standard InChI is InChI=1S/C27H17As2F2NO6S4/c30-16-10-13-19(12-9-15(27(36)37)26(35)32-4-2-1-3-18(12)32)14-11-17(31)23(34)21(29-41-7-8-42-29)25(14)38-24(13)20(22(16)33)28-39-5-6-40-28/h1-4,9-11,33H,5-8H2,(H,36,37). The van der Waals surface area contributed by atoms with Crippen LogP contribution in [0.3, 0.4) is 0 Å². The first-order valence-electron chi connectivity index (χ1n) is 12.4. The second kappa shape index (κ2) is 11.2. The van der Waals surface area contributed by atoms with Crippen LogP contribution >= 0.6 is 40.1 Å². The number of aromatic carboxylic acids is 1. The minimum atomic E-state index is -2.18. The quantitative estimate of drug-likeness (QED) is 0.204. The summed E-state index contributed by atoms with van der Waals surface area (Å²) in [7, 11) is 6.60. The van der Waals surface area contributed by atoms with Gasteiger partial charge in [-0.1, -0.05) is 0 Å². The fourth-order valence-corrected chi connectivity index (χ4v) is 34.6. The molecule has 4 aliphatic rings. The summed E-state index contributed by atoms with van der Waals surface area (Å²) in [5.74, 6) is -0.364. The number of hydrogen-bond acceptors (Lipinski definition) is 9. The van der Waals surface area contributed by atoms with Gasteiger partial charge in [-0.2, -0.15) is 0 Å². The van der Waals surface area contributed by atoms with Crippen LogP contribution in [0.25, 0.3) is 38.9 Å². The van der Waals surface area contributed by atoms with Crippen molar-refractivity contribution in [2.75, 3.05) is 23.0 Å². The first-order valence-corrected chi connectivity index (χ1v) is 27.2. The molecule has 2 fully saturated rings. The molecule has 0 atom stereocenters. The van der Waals surface area contributed by atoms with Crippen molar-refractivity contribution >= 4 is 95.9 Å². The number of fused-ring (bicyclic) bond motifs is 3. The molecule has 0 bridgehead atoms. The van der Waals surface area contributed by atoms with E-state index in [0.29, 0.717) is 9.87 Å². The molecular weight excluding hydrogens is 750 g/mol. The molecule has 0 unspecified atom stereocenters. The molecule has 5 heterocycles. The molecule has 7 nitrogen and oxygen atoms in total. The zero-order valence-corrected chi connectivity index (χ0v) is 28.1. The van der Waals surface area contributed by atoms with Crippen LogP contribution in [0, 0.1) is 11.6 Å². The Morgan fingerprint density at radius 1 is 0.905 bits per heavy atom. The molecule has 3 aliphatic heterocycles. The Hall–Kier alpha value is -2.01. The SMILES string of the molecule is O=C(O)c1cc(-c2c3cc(F)c(=O)c([As]4SCCS4)c-3oc3c([As]4SCCS4)c(O)c(F)cc23)c2ccccn2c1=O. The van der Waals surface area contributed by atoms with Crippen LogP contribution in [0.2, 0.25) is 0 Å². The fourth-order valence-electron chi connectivity index (χ4n) is 5.08. The molecule has 7 rings (SSSR count). The molecule has 3 aromatic rings. The van der Waals surface area contributed by atoms with Crippen molar-refractivity contribution in [3.8, 4) is 28.2 Å². The Morgan fingerprint density at radius 2 is 1.57 bits per heavy atom. The monoisotopic (exact) mass is 767 g/mol. The van der Waals surface area contributed by atoms with Crippen LogP contribution in [0.5, 0.6) is 5.75 Å². The van der Waals surface area contributed by atoms with Gasteiger partial charge in [-0.3, -0.25) is 0 Å². The number of rotatable bonds is 4. The molecule has 1 aromatic carbocycles. The van der Waals surface area contributed by atoms with Gasteiger partial charge in [0.15, 0.2) is 0 Å². The van der Waals surface area contributed by atoms with Gasteiger partial charge in [0.1, 0.15) is 0 Å². The van der Waals surface area contributed by atoms with E-state index in [2.05, 4.69) is 0 Å². The number of halogens is 2. The molecule has 0 spiro atoms. The number of nitrogens with zero attached hydrogens (tertiary/aromatic N) is 1. The third-order valence-electron chi connectivity index (χ3n) is 6.83. The van der Waals surface area contributed by atoms with Gasteiger partial charge < -0.3 is 0 Å². The fraction of sp³-hybridized carbons (Fsp3) is 0.148. The summed E-state index contributed by atoms with van der Waals surface area (Å²) in [5.41, 5.74) is -0.846. The number of phenolic OH excluding ortho intramolecular Hbond substituents is 1. The van der Waals surface area contributed by atoms with Gasteiger partial charge in [0.2, 0.25) is 0 Å². The third-order valence-corrected chi connectivity index (χ3v) is 34.0. The number of hydrogen-bond donors (Lipinski definition) is 2. The summed E-state index contributed by atoms with van der Waals surface area (Å²) < 4.78 is 39.4. The Labute approximate surface area is 258 Å². The number of aromatic hydroxyl groups is 1. The number of carboxylic acids is 1. The Bertz CT molecular complexity index is 2040. The van der Waals surface area contributed by atoms with Crippen molar-refractivity contribution in [3.63, 3.8) is 0 Å². The average Bonchev–Trinajstić information content (AvgIpc) is 3.70. The van der Waals surface area contributed by atoms with Crippen molar-refractivity contribution in [2.24, 2.45) is 0 Å². The van der Waals surface area contributed by atoms with Crippen LogP contribution in [0.15, 0.2) is 56.6 Å². The van der Waals surface area contributed by atoms with Gasteiger partial charge in [0.05, 0.1) is 0 Å². The van der Waals surface area contributed by atoms with Crippen molar-refractivity contribution in [2.45, 2.75) is 0 Å². The molecule has 2 aromatic heterocycles. The zero-order valence-electron chi connectivity index (χ0n) is 21.1.